The van der Waals surface area contributed by atoms with Gasteiger partial charge in [-0.25, -0.2) is 9.97 Å². The van der Waals surface area contributed by atoms with Gasteiger partial charge in [-0.2, -0.15) is 0 Å². The molecule has 0 aliphatic carbocycles. The van der Waals surface area contributed by atoms with E-state index in [1.54, 1.807) is 6.20 Å². The van der Waals surface area contributed by atoms with Gasteiger partial charge in [0.15, 0.2) is 0 Å². The Balaban J connectivity index is 1.81. The lowest BCUT2D eigenvalue weighted by molar-refractivity contribution is 0.281. The van der Waals surface area contributed by atoms with Gasteiger partial charge in [0.05, 0.1) is 17.2 Å². The van der Waals surface area contributed by atoms with Crippen molar-refractivity contribution in [2.24, 2.45) is 0 Å². The molecule has 1 aromatic carbocycles. The van der Waals surface area contributed by atoms with Gasteiger partial charge in [-0.05, 0) is 18.5 Å². The second-order valence-electron chi connectivity index (χ2n) is 6.12. The molecule has 0 amide bonds. The average molecular weight is 340 g/mol. The molecule has 5 nitrogen and oxygen atoms in total. The fourth-order valence-electron chi connectivity index (χ4n) is 3.07. The van der Waals surface area contributed by atoms with Crippen LogP contribution in [0.1, 0.15) is 5.01 Å². The predicted molar refractivity (Wildman–Crippen MR) is 98.5 cm³/mol. The maximum absolute atomic E-state index is 9.27. The first-order valence-electron chi connectivity index (χ1n) is 8.14. The van der Waals surface area contributed by atoms with Crippen molar-refractivity contribution in [1.29, 1.82) is 0 Å². The van der Waals surface area contributed by atoms with Gasteiger partial charge in [-0.15, -0.1) is 11.3 Å². The summed E-state index contributed by atoms with van der Waals surface area (Å²) in [7, 11) is 2.16. The first kappa shape index (κ1) is 15.5. The van der Waals surface area contributed by atoms with Crippen LogP contribution in [0.2, 0.25) is 0 Å². The number of rotatable bonds is 3. The quantitative estimate of drug-likeness (QED) is 0.794. The number of thiazole rings is 1. The molecule has 0 spiro atoms. The molecule has 1 aliphatic rings. The molecule has 2 aromatic heterocycles. The van der Waals surface area contributed by atoms with Crippen LogP contribution in [-0.4, -0.2) is 53.2 Å². The van der Waals surface area contributed by atoms with Gasteiger partial charge in [-0.1, -0.05) is 24.3 Å². The van der Waals surface area contributed by atoms with E-state index < -0.39 is 0 Å². The maximum Gasteiger partial charge on any atom is 0.137 e. The van der Waals surface area contributed by atoms with Crippen LogP contribution in [-0.2, 0) is 6.61 Å². The Kier molecular flexibility index (Phi) is 4.18. The SMILES string of the molecule is CN1CCN(c2nc(-c3cnc(CO)s3)cc3ccccc23)CC1. The molecule has 1 aliphatic heterocycles. The normalized spacial score (nSPS) is 16.0. The summed E-state index contributed by atoms with van der Waals surface area (Å²) in [6, 6.07) is 10.5. The molecular weight excluding hydrogens is 320 g/mol. The molecule has 124 valence electrons. The van der Waals surface area contributed by atoms with Crippen LogP contribution in [0.5, 0.6) is 0 Å². The second-order valence-corrected chi connectivity index (χ2v) is 7.23. The van der Waals surface area contributed by atoms with Gasteiger partial charge in [0.2, 0.25) is 0 Å². The van der Waals surface area contributed by atoms with Crippen molar-refractivity contribution in [3.8, 4) is 10.6 Å². The Hall–Kier alpha value is -2.02. The number of anilines is 1. The Morgan fingerprint density at radius 1 is 1.17 bits per heavy atom. The van der Waals surface area contributed by atoms with Crippen LogP contribution < -0.4 is 4.90 Å². The van der Waals surface area contributed by atoms with Crippen molar-refractivity contribution in [3.63, 3.8) is 0 Å². The minimum absolute atomic E-state index is 0.0242. The van der Waals surface area contributed by atoms with E-state index in [1.807, 2.05) is 0 Å². The fraction of sp³-hybridized carbons (Fsp3) is 0.333. The number of aliphatic hydroxyl groups is 1. The zero-order chi connectivity index (χ0) is 16.5. The highest BCUT2D eigenvalue weighted by Crippen LogP contribution is 2.32. The van der Waals surface area contributed by atoms with E-state index in [4.69, 9.17) is 4.98 Å². The molecule has 6 heteroatoms. The highest BCUT2D eigenvalue weighted by molar-refractivity contribution is 7.15. The lowest BCUT2D eigenvalue weighted by atomic mass is 10.1. The summed E-state index contributed by atoms with van der Waals surface area (Å²) in [6.45, 7) is 4.05. The predicted octanol–water partition coefficient (Wildman–Crippen LogP) is 2.60. The molecule has 1 N–H and O–H groups in total. The Morgan fingerprint density at radius 3 is 2.71 bits per heavy atom. The Morgan fingerprint density at radius 2 is 1.96 bits per heavy atom. The third-order valence-corrected chi connectivity index (χ3v) is 5.47. The van der Waals surface area contributed by atoms with Crippen LogP contribution in [0.25, 0.3) is 21.3 Å². The molecular formula is C18H20N4OS. The number of pyridine rings is 1. The van der Waals surface area contributed by atoms with Crippen molar-refractivity contribution in [2.75, 3.05) is 38.1 Å². The maximum atomic E-state index is 9.27. The molecule has 1 saturated heterocycles. The largest absolute Gasteiger partial charge is 0.389 e. The van der Waals surface area contributed by atoms with E-state index in [0.717, 1.165) is 47.6 Å². The molecule has 24 heavy (non-hydrogen) atoms. The molecule has 0 bridgehead atoms. The minimum Gasteiger partial charge on any atom is -0.389 e. The van der Waals surface area contributed by atoms with Gasteiger partial charge in [0, 0.05) is 37.8 Å². The van der Waals surface area contributed by atoms with Crippen molar-refractivity contribution in [1.82, 2.24) is 14.9 Å². The van der Waals surface area contributed by atoms with E-state index in [9.17, 15) is 5.11 Å². The highest BCUT2D eigenvalue weighted by atomic mass is 32.1. The van der Waals surface area contributed by atoms with Gasteiger partial charge in [-0.3, -0.25) is 0 Å². The van der Waals surface area contributed by atoms with Crippen molar-refractivity contribution < 1.29 is 5.11 Å². The smallest absolute Gasteiger partial charge is 0.137 e. The van der Waals surface area contributed by atoms with Crippen LogP contribution in [0.15, 0.2) is 36.5 Å². The standard InChI is InChI=1S/C18H20N4OS/c1-21-6-8-22(9-7-21)18-14-5-3-2-4-13(14)10-15(20-18)16-11-19-17(12-23)24-16/h2-5,10-11,23H,6-9,12H2,1H3. The lowest BCUT2D eigenvalue weighted by Crippen LogP contribution is -2.44. The molecule has 0 saturated carbocycles. The monoisotopic (exact) mass is 340 g/mol. The third-order valence-electron chi connectivity index (χ3n) is 4.46. The zero-order valence-electron chi connectivity index (χ0n) is 13.6. The summed E-state index contributed by atoms with van der Waals surface area (Å²) in [5, 5.41) is 12.4. The summed E-state index contributed by atoms with van der Waals surface area (Å²) in [6.07, 6.45) is 1.81. The first-order valence-corrected chi connectivity index (χ1v) is 8.95. The lowest BCUT2D eigenvalue weighted by Gasteiger charge is -2.34. The topological polar surface area (TPSA) is 52.5 Å². The van der Waals surface area contributed by atoms with Gasteiger partial charge in [0.1, 0.15) is 10.8 Å². The number of hydrogen-bond donors (Lipinski definition) is 1. The van der Waals surface area contributed by atoms with Crippen LogP contribution in [0.3, 0.4) is 0 Å². The van der Waals surface area contributed by atoms with Gasteiger partial charge in [0.25, 0.3) is 0 Å². The summed E-state index contributed by atoms with van der Waals surface area (Å²) in [5.74, 6) is 1.05. The second kappa shape index (κ2) is 6.47. The Labute approximate surface area is 145 Å². The molecule has 4 rings (SSSR count). The minimum atomic E-state index is -0.0242. The number of likely N-dealkylation sites (N-methyl/N-ethyl adjacent to an activating group) is 1. The molecule has 0 atom stereocenters. The molecule has 0 radical (unpaired) electrons. The van der Waals surface area contributed by atoms with Crippen LogP contribution >= 0.6 is 11.3 Å². The summed E-state index contributed by atoms with van der Waals surface area (Å²) >= 11 is 1.50. The van der Waals surface area contributed by atoms with Crippen molar-refractivity contribution in [3.05, 3.63) is 41.5 Å². The fourth-order valence-corrected chi connectivity index (χ4v) is 3.81. The molecule has 3 aromatic rings. The number of aliphatic hydroxyl groups excluding tert-OH is 1. The average Bonchev–Trinajstić information content (AvgIpc) is 3.11. The van der Waals surface area contributed by atoms with Crippen LogP contribution in [0, 0.1) is 0 Å². The summed E-state index contributed by atoms with van der Waals surface area (Å²) in [5.41, 5.74) is 0.930. The first-order chi connectivity index (χ1) is 11.7. The summed E-state index contributed by atoms with van der Waals surface area (Å²) in [4.78, 5) is 14.9. The highest BCUT2D eigenvalue weighted by Gasteiger charge is 2.19. The number of benzene rings is 1. The third kappa shape index (κ3) is 2.88. The van der Waals surface area contributed by atoms with Crippen molar-refractivity contribution in [2.45, 2.75) is 6.61 Å². The number of fused-ring (bicyclic) bond motifs is 1. The van der Waals surface area contributed by atoms with Crippen LogP contribution in [0.4, 0.5) is 5.82 Å². The number of nitrogens with zero attached hydrogens (tertiary/aromatic N) is 4. The molecule has 3 heterocycles. The van der Waals surface area contributed by atoms with E-state index >= 15 is 0 Å². The number of piperazine rings is 1. The number of aromatic nitrogens is 2. The van der Waals surface area contributed by atoms with Gasteiger partial charge < -0.3 is 14.9 Å². The zero-order valence-corrected chi connectivity index (χ0v) is 14.5. The van der Waals surface area contributed by atoms with Crippen molar-refractivity contribution >= 4 is 27.9 Å². The molecule has 0 unspecified atom stereocenters. The van der Waals surface area contributed by atoms with E-state index in [2.05, 4.69) is 52.2 Å². The summed E-state index contributed by atoms with van der Waals surface area (Å²) < 4.78 is 0. The van der Waals surface area contributed by atoms with Gasteiger partial charge >= 0.3 is 0 Å². The van der Waals surface area contributed by atoms with E-state index in [0.29, 0.717) is 0 Å². The number of hydrogen-bond acceptors (Lipinski definition) is 6. The molecule has 1 fully saturated rings. The Bertz CT molecular complexity index is 855. The van der Waals surface area contributed by atoms with E-state index in [1.165, 1.54) is 22.1 Å². The van der Waals surface area contributed by atoms with E-state index in [-0.39, 0.29) is 6.61 Å².